The first-order chi connectivity index (χ1) is 17.0. The number of nitrogens with one attached hydrogen (secondary N) is 3. The maximum atomic E-state index is 4.35. The Labute approximate surface area is 213 Å². The summed E-state index contributed by atoms with van der Waals surface area (Å²) in [6, 6.07) is 16.7. The van der Waals surface area contributed by atoms with Gasteiger partial charge in [-0.3, -0.25) is 0 Å². The molecule has 1 aliphatic heterocycles. The highest BCUT2D eigenvalue weighted by Crippen LogP contribution is 2.34. The van der Waals surface area contributed by atoms with E-state index in [1.807, 2.05) is 42.7 Å². The van der Waals surface area contributed by atoms with Gasteiger partial charge in [0.1, 0.15) is 0 Å². The molecule has 2 aromatic carbocycles. The van der Waals surface area contributed by atoms with Crippen LogP contribution in [0.15, 0.2) is 64.1 Å². The van der Waals surface area contributed by atoms with Gasteiger partial charge in [0.15, 0.2) is 0 Å². The standard InChI is InChI=1S/C26H29N7S2/c1-17-14-20(28-24-10-11-25(35-24)33-12-4-5-13-33)6-8-22(17)30-29-21-7-9-23(18(2)15-21)31-32-26-27-19(3)16-34-26/h6-11,14-16,28-30H,4-5,12-13H2,1-3H3. The molecule has 0 spiro atoms. The van der Waals surface area contributed by atoms with Crippen LogP contribution < -0.4 is 21.1 Å². The molecule has 0 aliphatic carbocycles. The minimum Gasteiger partial charge on any atom is -0.363 e. The zero-order chi connectivity index (χ0) is 24.2. The van der Waals surface area contributed by atoms with Crippen LogP contribution in [0, 0.1) is 20.8 Å². The summed E-state index contributed by atoms with van der Waals surface area (Å²) in [4.78, 5) is 6.79. The molecule has 35 heavy (non-hydrogen) atoms. The summed E-state index contributed by atoms with van der Waals surface area (Å²) in [6.45, 7) is 8.43. The minimum atomic E-state index is 0.672. The van der Waals surface area contributed by atoms with Gasteiger partial charge in [-0.25, -0.2) is 4.98 Å². The predicted octanol–water partition coefficient (Wildman–Crippen LogP) is 8.33. The van der Waals surface area contributed by atoms with Gasteiger partial charge in [-0.1, -0.05) is 0 Å². The molecule has 7 nitrogen and oxygen atoms in total. The number of azo groups is 1. The van der Waals surface area contributed by atoms with Crippen molar-refractivity contribution in [1.82, 2.24) is 4.98 Å². The van der Waals surface area contributed by atoms with E-state index in [9.17, 15) is 0 Å². The number of thiazole rings is 1. The van der Waals surface area contributed by atoms with E-state index < -0.39 is 0 Å². The molecule has 3 N–H and O–H groups in total. The zero-order valence-electron chi connectivity index (χ0n) is 20.1. The maximum Gasteiger partial charge on any atom is 0.230 e. The second-order valence-corrected chi connectivity index (χ2v) is 10.6. The van der Waals surface area contributed by atoms with Crippen LogP contribution in [0.1, 0.15) is 29.7 Å². The molecule has 0 bridgehead atoms. The van der Waals surface area contributed by atoms with E-state index in [1.54, 1.807) is 0 Å². The lowest BCUT2D eigenvalue weighted by molar-refractivity contribution is 0.949. The van der Waals surface area contributed by atoms with Crippen molar-refractivity contribution in [2.24, 2.45) is 10.2 Å². The average molecular weight is 504 g/mol. The average Bonchev–Trinajstić information content (AvgIpc) is 3.60. The van der Waals surface area contributed by atoms with E-state index in [0.717, 1.165) is 39.6 Å². The summed E-state index contributed by atoms with van der Waals surface area (Å²) in [7, 11) is 0. The molecule has 1 saturated heterocycles. The lowest BCUT2D eigenvalue weighted by atomic mass is 10.2. The quantitative estimate of drug-likeness (QED) is 0.166. The van der Waals surface area contributed by atoms with Gasteiger partial charge < -0.3 is 21.1 Å². The Morgan fingerprint density at radius 1 is 0.857 bits per heavy atom. The molecule has 0 amide bonds. The molecular weight excluding hydrogens is 474 g/mol. The lowest BCUT2D eigenvalue weighted by Crippen LogP contribution is -2.15. The summed E-state index contributed by atoms with van der Waals surface area (Å²) in [5.74, 6) is 0. The maximum absolute atomic E-state index is 4.35. The molecule has 2 aromatic heterocycles. The van der Waals surface area contributed by atoms with E-state index in [0.29, 0.717) is 5.13 Å². The minimum absolute atomic E-state index is 0.672. The number of benzene rings is 2. The van der Waals surface area contributed by atoms with Crippen LogP contribution in [0.4, 0.5) is 37.9 Å². The molecule has 180 valence electrons. The summed E-state index contributed by atoms with van der Waals surface area (Å²) in [5.41, 5.74) is 13.7. The summed E-state index contributed by atoms with van der Waals surface area (Å²) >= 11 is 3.31. The number of aromatic nitrogens is 1. The first kappa shape index (κ1) is 23.3. The first-order valence-corrected chi connectivity index (χ1v) is 13.4. The molecule has 0 unspecified atom stereocenters. The highest BCUT2D eigenvalue weighted by atomic mass is 32.1. The van der Waals surface area contributed by atoms with Crippen molar-refractivity contribution in [2.45, 2.75) is 33.6 Å². The Morgan fingerprint density at radius 2 is 1.66 bits per heavy atom. The topological polar surface area (TPSA) is 76.9 Å². The number of hydrazine groups is 1. The van der Waals surface area contributed by atoms with Crippen molar-refractivity contribution in [3.05, 3.63) is 70.7 Å². The molecule has 0 saturated carbocycles. The fourth-order valence-corrected chi connectivity index (χ4v) is 5.59. The highest BCUT2D eigenvalue weighted by molar-refractivity contribution is 7.20. The van der Waals surface area contributed by atoms with Crippen LogP contribution in [0.25, 0.3) is 0 Å². The van der Waals surface area contributed by atoms with E-state index in [4.69, 9.17) is 0 Å². The third-order valence-corrected chi connectivity index (χ3v) is 7.80. The smallest absolute Gasteiger partial charge is 0.230 e. The Kier molecular flexibility index (Phi) is 6.96. The number of rotatable bonds is 8. The Bertz CT molecular complexity index is 1340. The van der Waals surface area contributed by atoms with Gasteiger partial charge in [-0.15, -0.1) is 32.9 Å². The zero-order valence-corrected chi connectivity index (χ0v) is 21.8. The van der Waals surface area contributed by atoms with Crippen LogP contribution in [0.2, 0.25) is 0 Å². The van der Waals surface area contributed by atoms with E-state index in [2.05, 4.69) is 79.6 Å². The third-order valence-electron chi connectivity index (χ3n) is 5.89. The molecule has 0 atom stereocenters. The van der Waals surface area contributed by atoms with Crippen molar-refractivity contribution in [1.29, 1.82) is 0 Å². The van der Waals surface area contributed by atoms with Crippen molar-refractivity contribution in [2.75, 3.05) is 34.2 Å². The summed E-state index contributed by atoms with van der Waals surface area (Å²) in [6.07, 6.45) is 2.59. The fraction of sp³-hybridized carbons (Fsp3) is 0.269. The number of nitrogens with zero attached hydrogens (tertiary/aromatic N) is 4. The first-order valence-electron chi connectivity index (χ1n) is 11.7. The second kappa shape index (κ2) is 10.5. The van der Waals surface area contributed by atoms with Gasteiger partial charge in [0, 0.05) is 24.2 Å². The van der Waals surface area contributed by atoms with Crippen molar-refractivity contribution in [3.63, 3.8) is 0 Å². The fourth-order valence-electron chi connectivity index (χ4n) is 4.00. The molecule has 1 fully saturated rings. The van der Waals surface area contributed by atoms with Crippen LogP contribution >= 0.6 is 22.7 Å². The van der Waals surface area contributed by atoms with Gasteiger partial charge in [-0.2, -0.15) is 0 Å². The van der Waals surface area contributed by atoms with E-state index >= 15 is 0 Å². The van der Waals surface area contributed by atoms with Crippen LogP contribution in [0.5, 0.6) is 0 Å². The SMILES string of the molecule is Cc1csc(N=Nc2ccc(NNc3ccc(Nc4ccc(N5CCCC5)s4)cc3C)cc2C)n1. The van der Waals surface area contributed by atoms with Crippen LogP contribution in [-0.2, 0) is 0 Å². The highest BCUT2D eigenvalue weighted by Gasteiger charge is 2.14. The molecule has 1 aliphatic rings. The van der Waals surface area contributed by atoms with Crippen molar-refractivity contribution in [3.8, 4) is 0 Å². The molecule has 0 radical (unpaired) electrons. The normalized spacial score (nSPS) is 13.5. The lowest BCUT2D eigenvalue weighted by Gasteiger charge is -2.15. The number of anilines is 5. The molecule has 9 heteroatoms. The van der Waals surface area contributed by atoms with Gasteiger partial charge >= 0.3 is 0 Å². The second-order valence-electron chi connectivity index (χ2n) is 8.71. The number of hydrogen-bond acceptors (Lipinski definition) is 9. The number of thiophene rings is 1. The molecular formula is C26H29N7S2. The third kappa shape index (κ3) is 5.80. The van der Waals surface area contributed by atoms with Crippen LogP contribution in [-0.4, -0.2) is 18.1 Å². The van der Waals surface area contributed by atoms with Gasteiger partial charge in [0.05, 0.1) is 32.8 Å². The van der Waals surface area contributed by atoms with Gasteiger partial charge in [-0.05, 0) is 93.3 Å². The summed E-state index contributed by atoms with van der Waals surface area (Å²) in [5, 5.41) is 17.3. The van der Waals surface area contributed by atoms with Gasteiger partial charge in [0.25, 0.3) is 0 Å². The number of aryl methyl sites for hydroxylation is 3. The van der Waals surface area contributed by atoms with Crippen LogP contribution in [0.3, 0.4) is 0 Å². The van der Waals surface area contributed by atoms with Crippen molar-refractivity contribution >= 4 is 60.6 Å². The summed E-state index contributed by atoms with van der Waals surface area (Å²) < 4.78 is 0. The van der Waals surface area contributed by atoms with E-state index in [-0.39, 0.29) is 0 Å². The monoisotopic (exact) mass is 503 g/mol. The molecule has 3 heterocycles. The largest absolute Gasteiger partial charge is 0.363 e. The Balaban J connectivity index is 1.18. The Morgan fingerprint density at radius 3 is 2.40 bits per heavy atom. The molecule has 4 aromatic rings. The van der Waals surface area contributed by atoms with Gasteiger partial charge in [0.2, 0.25) is 5.13 Å². The van der Waals surface area contributed by atoms with Crippen molar-refractivity contribution < 1.29 is 0 Å². The predicted molar refractivity (Wildman–Crippen MR) is 150 cm³/mol. The Hall–Kier alpha value is -3.43. The van der Waals surface area contributed by atoms with E-state index in [1.165, 1.54) is 47.3 Å². The number of hydrogen-bond donors (Lipinski definition) is 3. The molecule has 5 rings (SSSR count).